The molecular formula is C14H20N4O. The van der Waals surface area contributed by atoms with Gasteiger partial charge in [-0.1, -0.05) is 31.0 Å². The summed E-state index contributed by atoms with van der Waals surface area (Å²) in [6.07, 6.45) is 4.82. The average molecular weight is 260 g/mol. The smallest absolute Gasteiger partial charge is 0.243 e. The van der Waals surface area contributed by atoms with E-state index >= 15 is 0 Å². The van der Waals surface area contributed by atoms with Gasteiger partial charge in [0.05, 0.1) is 6.04 Å². The Morgan fingerprint density at radius 3 is 2.84 bits per heavy atom. The van der Waals surface area contributed by atoms with Gasteiger partial charge in [0, 0.05) is 6.20 Å². The highest BCUT2D eigenvalue weighted by molar-refractivity contribution is 5.54. The van der Waals surface area contributed by atoms with E-state index in [-0.39, 0.29) is 6.04 Å². The van der Waals surface area contributed by atoms with E-state index in [2.05, 4.69) is 28.1 Å². The number of hydrogen-bond donors (Lipinski definition) is 1. The topological polar surface area (TPSA) is 77.8 Å². The number of rotatable bonds is 5. The molecule has 0 spiro atoms. The summed E-state index contributed by atoms with van der Waals surface area (Å²) in [5.41, 5.74) is 8.92. The molecule has 2 aromatic heterocycles. The van der Waals surface area contributed by atoms with E-state index in [1.54, 1.807) is 6.20 Å². The van der Waals surface area contributed by atoms with Gasteiger partial charge in [-0.15, -0.1) is 0 Å². The van der Waals surface area contributed by atoms with E-state index in [1.807, 2.05) is 13.8 Å². The summed E-state index contributed by atoms with van der Waals surface area (Å²) in [6, 6.07) is 1.86. The molecule has 102 valence electrons. The molecule has 0 fully saturated rings. The molecule has 0 radical (unpaired) electrons. The first-order chi connectivity index (χ1) is 9.11. The lowest BCUT2D eigenvalue weighted by Crippen LogP contribution is -2.10. The van der Waals surface area contributed by atoms with Gasteiger partial charge in [-0.05, 0) is 31.4 Å². The zero-order chi connectivity index (χ0) is 13.8. The second-order valence-corrected chi connectivity index (χ2v) is 4.88. The SMILES string of the molecule is CCCCC(N)c1nc(-c2ncc(C)cc2C)no1. The van der Waals surface area contributed by atoms with E-state index in [0.717, 1.165) is 36.1 Å². The van der Waals surface area contributed by atoms with Crippen LogP contribution in [0, 0.1) is 13.8 Å². The van der Waals surface area contributed by atoms with E-state index in [4.69, 9.17) is 10.3 Å². The molecule has 5 heteroatoms. The summed E-state index contributed by atoms with van der Waals surface area (Å²) in [7, 11) is 0. The Morgan fingerprint density at radius 2 is 2.16 bits per heavy atom. The highest BCUT2D eigenvalue weighted by Gasteiger charge is 2.17. The normalized spacial score (nSPS) is 12.6. The molecule has 0 aromatic carbocycles. The Hall–Kier alpha value is -1.75. The number of pyridine rings is 1. The predicted octanol–water partition coefficient (Wildman–Crippen LogP) is 2.94. The molecule has 5 nitrogen and oxygen atoms in total. The van der Waals surface area contributed by atoms with Gasteiger partial charge < -0.3 is 10.3 Å². The van der Waals surface area contributed by atoms with Crippen molar-refractivity contribution >= 4 is 0 Å². The van der Waals surface area contributed by atoms with Crippen LogP contribution in [0.3, 0.4) is 0 Å². The number of nitrogens with two attached hydrogens (primary N) is 1. The minimum atomic E-state index is -0.188. The van der Waals surface area contributed by atoms with Crippen LogP contribution in [-0.4, -0.2) is 15.1 Å². The lowest BCUT2D eigenvalue weighted by atomic mass is 10.1. The van der Waals surface area contributed by atoms with Gasteiger partial charge in [-0.2, -0.15) is 4.98 Å². The standard InChI is InChI=1S/C14H20N4O/c1-4-5-6-11(15)14-17-13(18-19-14)12-10(3)7-9(2)8-16-12/h7-8,11H,4-6,15H2,1-3H3. The van der Waals surface area contributed by atoms with Crippen molar-refractivity contribution in [3.05, 3.63) is 29.3 Å². The molecule has 2 N–H and O–H groups in total. The fourth-order valence-electron chi connectivity index (χ4n) is 1.98. The van der Waals surface area contributed by atoms with Crippen molar-refractivity contribution in [1.82, 2.24) is 15.1 Å². The molecule has 0 bridgehead atoms. The number of unbranched alkanes of at least 4 members (excludes halogenated alkanes) is 1. The molecule has 2 rings (SSSR count). The second kappa shape index (κ2) is 5.93. The van der Waals surface area contributed by atoms with Crippen LogP contribution in [0.4, 0.5) is 0 Å². The third kappa shape index (κ3) is 3.17. The summed E-state index contributed by atoms with van der Waals surface area (Å²) in [5.74, 6) is 1.00. The van der Waals surface area contributed by atoms with Crippen molar-refractivity contribution in [3.8, 4) is 11.5 Å². The maximum Gasteiger partial charge on any atom is 0.243 e. The highest BCUT2D eigenvalue weighted by atomic mass is 16.5. The third-order valence-corrected chi connectivity index (χ3v) is 3.05. The zero-order valence-electron chi connectivity index (χ0n) is 11.7. The molecule has 2 heterocycles. The Morgan fingerprint density at radius 1 is 1.37 bits per heavy atom. The maximum atomic E-state index is 6.02. The molecule has 0 saturated heterocycles. The molecule has 0 aliphatic rings. The molecule has 1 unspecified atom stereocenters. The van der Waals surface area contributed by atoms with Crippen LogP contribution < -0.4 is 5.73 Å². The molecule has 19 heavy (non-hydrogen) atoms. The van der Waals surface area contributed by atoms with Gasteiger partial charge in [0.1, 0.15) is 5.69 Å². The third-order valence-electron chi connectivity index (χ3n) is 3.05. The van der Waals surface area contributed by atoms with Crippen molar-refractivity contribution in [2.24, 2.45) is 5.73 Å². The lowest BCUT2D eigenvalue weighted by molar-refractivity contribution is 0.346. The van der Waals surface area contributed by atoms with Crippen LogP contribution in [0.5, 0.6) is 0 Å². The summed E-state index contributed by atoms with van der Waals surface area (Å²) < 4.78 is 5.24. The van der Waals surface area contributed by atoms with Crippen molar-refractivity contribution in [1.29, 1.82) is 0 Å². The van der Waals surface area contributed by atoms with E-state index in [9.17, 15) is 0 Å². The molecular weight excluding hydrogens is 240 g/mol. The fraction of sp³-hybridized carbons (Fsp3) is 0.500. The number of aryl methyl sites for hydroxylation is 2. The van der Waals surface area contributed by atoms with Crippen molar-refractivity contribution < 1.29 is 4.52 Å². The van der Waals surface area contributed by atoms with Crippen LogP contribution in [0.2, 0.25) is 0 Å². The predicted molar refractivity (Wildman–Crippen MR) is 73.5 cm³/mol. The zero-order valence-corrected chi connectivity index (χ0v) is 11.7. The molecule has 0 amide bonds. The quantitative estimate of drug-likeness (QED) is 0.894. The van der Waals surface area contributed by atoms with Crippen LogP contribution in [0.15, 0.2) is 16.8 Å². The Balaban J connectivity index is 2.20. The first kappa shape index (κ1) is 13.7. The van der Waals surface area contributed by atoms with Crippen molar-refractivity contribution in [2.45, 2.75) is 46.1 Å². The van der Waals surface area contributed by atoms with Gasteiger partial charge >= 0.3 is 0 Å². The Labute approximate surface area is 113 Å². The van der Waals surface area contributed by atoms with E-state index in [0.29, 0.717) is 11.7 Å². The summed E-state index contributed by atoms with van der Waals surface area (Å²) >= 11 is 0. The van der Waals surface area contributed by atoms with Crippen LogP contribution in [0.25, 0.3) is 11.5 Å². The number of hydrogen-bond acceptors (Lipinski definition) is 5. The highest BCUT2D eigenvalue weighted by Crippen LogP contribution is 2.21. The van der Waals surface area contributed by atoms with E-state index in [1.165, 1.54) is 0 Å². The fourth-order valence-corrected chi connectivity index (χ4v) is 1.98. The van der Waals surface area contributed by atoms with Gasteiger partial charge in [0.15, 0.2) is 0 Å². The summed E-state index contributed by atoms with van der Waals surface area (Å²) in [6.45, 7) is 6.13. The largest absolute Gasteiger partial charge is 0.337 e. The van der Waals surface area contributed by atoms with Crippen LogP contribution >= 0.6 is 0 Å². The lowest BCUT2D eigenvalue weighted by Gasteiger charge is -2.04. The van der Waals surface area contributed by atoms with Crippen LogP contribution in [0.1, 0.15) is 49.2 Å². The first-order valence-corrected chi connectivity index (χ1v) is 6.64. The van der Waals surface area contributed by atoms with Crippen LogP contribution in [-0.2, 0) is 0 Å². The minimum absolute atomic E-state index is 0.188. The average Bonchev–Trinajstić information content (AvgIpc) is 2.85. The summed E-state index contributed by atoms with van der Waals surface area (Å²) in [4.78, 5) is 8.72. The van der Waals surface area contributed by atoms with Gasteiger partial charge in [-0.25, -0.2) is 0 Å². The monoisotopic (exact) mass is 260 g/mol. The van der Waals surface area contributed by atoms with E-state index < -0.39 is 0 Å². The molecule has 0 aliphatic carbocycles. The van der Waals surface area contributed by atoms with Gasteiger partial charge in [0.2, 0.25) is 11.7 Å². The molecule has 0 aliphatic heterocycles. The second-order valence-electron chi connectivity index (χ2n) is 4.88. The van der Waals surface area contributed by atoms with Gasteiger partial charge in [0.25, 0.3) is 0 Å². The Bertz CT molecular complexity index is 550. The van der Waals surface area contributed by atoms with Gasteiger partial charge in [-0.3, -0.25) is 4.98 Å². The minimum Gasteiger partial charge on any atom is -0.337 e. The van der Waals surface area contributed by atoms with Crippen molar-refractivity contribution in [3.63, 3.8) is 0 Å². The summed E-state index contributed by atoms with van der Waals surface area (Å²) in [5, 5.41) is 3.98. The molecule has 2 aromatic rings. The van der Waals surface area contributed by atoms with Crippen molar-refractivity contribution in [2.75, 3.05) is 0 Å². The maximum absolute atomic E-state index is 6.02. The number of nitrogens with zero attached hydrogens (tertiary/aromatic N) is 3. The first-order valence-electron chi connectivity index (χ1n) is 6.64. The Kier molecular flexibility index (Phi) is 4.27. The molecule has 0 saturated carbocycles. The number of aromatic nitrogens is 3. The molecule has 1 atom stereocenters.